The van der Waals surface area contributed by atoms with E-state index in [0.717, 1.165) is 32.2 Å². The number of esters is 1. The zero-order valence-corrected chi connectivity index (χ0v) is 9.46. The van der Waals surface area contributed by atoms with E-state index in [9.17, 15) is 4.79 Å². The summed E-state index contributed by atoms with van der Waals surface area (Å²) in [6, 6.07) is -0.0879. The van der Waals surface area contributed by atoms with Crippen molar-refractivity contribution in [1.29, 1.82) is 0 Å². The minimum atomic E-state index is -0.104. The van der Waals surface area contributed by atoms with Crippen molar-refractivity contribution >= 4 is 5.97 Å². The Morgan fingerprint density at radius 3 is 3.00 bits per heavy atom. The number of carbonyl (C=O) groups excluding carboxylic acids is 1. The fourth-order valence-corrected chi connectivity index (χ4v) is 1.71. The van der Waals surface area contributed by atoms with Crippen LogP contribution in [-0.2, 0) is 14.3 Å². The monoisotopic (exact) mass is 215 g/mol. The highest BCUT2D eigenvalue weighted by Crippen LogP contribution is 2.09. The number of methoxy groups -OCH3 is 1. The lowest BCUT2D eigenvalue weighted by Crippen LogP contribution is -2.37. The van der Waals surface area contributed by atoms with Crippen molar-refractivity contribution < 1.29 is 14.3 Å². The molecule has 1 aliphatic rings. The summed E-state index contributed by atoms with van der Waals surface area (Å²) in [5, 5.41) is 3.22. The summed E-state index contributed by atoms with van der Waals surface area (Å²) in [6.45, 7) is 2.04. The van der Waals surface area contributed by atoms with E-state index in [-0.39, 0.29) is 12.0 Å². The van der Waals surface area contributed by atoms with Gasteiger partial charge in [-0.15, -0.1) is 0 Å². The van der Waals surface area contributed by atoms with Gasteiger partial charge in [-0.25, -0.2) is 0 Å². The standard InChI is InChI=1S/C11H21NO3/c1-14-8-5-9-15-11(13)10-6-3-2-4-7-12-10/h10,12H,2-9H2,1H3. The van der Waals surface area contributed by atoms with E-state index in [0.29, 0.717) is 13.2 Å². The van der Waals surface area contributed by atoms with Crippen LogP contribution in [0.5, 0.6) is 0 Å². The van der Waals surface area contributed by atoms with Gasteiger partial charge in [0.25, 0.3) is 0 Å². The molecule has 0 aromatic carbocycles. The smallest absolute Gasteiger partial charge is 0.323 e. The predicted molar refractivity (Wildman–Crippen MR) is 57.7 cm³/mol. The summed E-state index contributed by atoms with van der Waals surface area (Å²) in [6.07, 6.45) is 5.16. The van der Waals surface area contributed by atoms with E-state index in [2.05, 4.69) is 5.32 Å². The quantitative estimate of drug-likeness (QED) is 0.551. The molecule has 1 fully saturated rings. The Bertz CT molecular complexity index is 177. The summed E-state index contributed by atoms with van der Waals surface area (Å²) < 4.78 is 10.0. The lowest BCUT2D eigenvalue weighted by atomic mass is 10.1. The summed E-state index contributed by atoms with van der Waals surface area (Å²) in [7, 11) is 1.65. The molecule has 0 aromatic heterocycles. The molecular formula is C11H21NO3. The van der Waals surface area contributed by atoms with Crippen molar-refractivity contribution in [2.24, 2.45) is 0 Å². The summed E-state index contributed by atoms with van der Waals surface area (Å²) >= 11 is 0. The normalized spacial score (nSPS) is 22.1. The molecule has 1 N–H and O–H groups in total. The zero-order chi connectivity index (χ0) is 10.9. The third kappa shape index (κ3) is 5.14. The molecule has 88 valence electrons. The van der Waals surface area contributed by atoms with Gasteiger partial charge < -0.3 is 14.8 Å². The van der Waals surface area contributed by atoms with Gasteiger partial charge in [-0.1, -0.05) is 12.8 Å². The molecule has 1 saturated heterocycles. The van der Waals surface area contributed by atoms with Gasteiger partial charge in [0.2, 0.25) is 0 Å². The van der Waals surface area contributed by atoms with E-state index < -0.39 is 0 Å². The Morgan fingerprint density at radius 2 is 2.20 bits per heavy atom. The van der Waals surface area contributed by atoms with E-state index in [1.165, 1.54) is 6.42 Å². The van der Waals surface area contributed by atoms with Crippen molar-refractivity contribution in [2.45, 2.75) is 38.1 Å². The van der Waals surface area contributed by atoms with Gasteiger partial charge in [-0.2, -0.15) is 0 Å². The van der Waals surface area contributed by atoms with Gasteiger partial charge in [0, 0.05) is 20.1 Å². The summed E-state index contributed by atoms with van der Waals surface area (Å²) in [5.74, 6) is -0.104. The van der Waals surface area contributed by atoms with Crippen molar-refractivity contribution in [2.75, 3.05) is 26.9 Å². The van der Waals surface area contributed by atoms with Crippen molar-refractivity contribution in [3.63, 3.8) is 0 Å². The number of hydrogen-bond donors (Lipinski definition) is 1. The predicted octanol–water partition coefficient (Wildman–Crippen LogP) is 1.10. The van der Waals surface area contributed by atoms with Gasteiger partial charge in [0.05, 0.1) is 6.61 Å². The molecule has 1 unspecified atom stereocenters. The fraction of sp³-hybridized carbons (Fsp3) is 0.909. The van der Waals surface area contributed by atoms with Gasteiger partial charge in [0.15, 0.2) is 0 Å². The number of hydrogen-bond acceptors (Lipinski definition) is 4. The second-order valence-electron chi connectivity index (χ2n) is 3.87. The van der Waals surface area contributed by atoms with Crippen LogP contribution in [0, 0.1) is 0 Å². The van der Waals surface area contributed by atoms with E-state index in [1.54, 1.807) is 7.11 Å². The molecule has 4 heteroatoms. The molecule has 0 aromatic rings. The third-order valence-corrected chi connectivity index (χ3v) is 2.58. The van der Waals surface area contributed by atoms with E-state index in [1.807, 2.05) is 0 Å². The second-order valence-corrected chi connectivity index (χ2v) is 3.87. The maximum absolute atomic E-state index is 11.6. The molecule has 1 rings (SSSR count). The first-order valence-electron chi connectivity index (χ1n) is 5.73. The highest BCUT2D eigenvalue weighted by molar-refractivity contribution is 5.75. The first kappa shape index (κ1) is 12.5. The van der Waals surface area contributed by atoms with Crippen molar-refractivity contribution in [3.05, 3.63) is 0 Å². The molecule has 0 radical (unpaired) electrons. The molecule has 1 aliphatic heterocycles. The molecule has 0 bridgehead atoms. The molecule has 0 saturated carbocycles. The first-order valence-corrected chi connectivity index (χ1v) is 5.73. The fourth-order valence-electron chi connectivity index (χ4n) is 1.71. The number of carbonyl (C=O) groups is 1. The third-order valence-electron chi connectivity index (χ3n) is 2.58. The number of ether oxygens (including phenoxy) is 2. The van der Waals surface area contributed by atoms with Crippen LogP contribution >= 0.6 is 0 Å². The largest absolute Gasteiger partial charge is 0.464 e. The van der Waals surface area contributed by atoms with E-state index in [4.69, 9.17) is 9.47 Å². The Morgan fingerprint density at radius 1 is 1.33 bits per heavy atom. The molecule has 15 heavy (non-hydrogen) atoms. The van der Waals surface area contributed by atoms with Crippen molar-refractivity contribution in [3.8, 4) is 0 Å². The van der Waals surface area contributed by atoms with Crippen LogP contribution in [0.2, 0.25) is 0 Å². The SMILES string of the molecule is COCCCOC(=O)C1CCCCCN1. The molecule has 1 heterocycles. The second kappa shape index (κ2) is 7.65. The van der Waals surface area contributed by atoms with Gasteiger partial charge in [0.1, 0.15) is 6.04 Å². The molecule has 0 spiro atoms. The molecular weight excluding hydrogens is 194 g/mol. The average Bonchev–Trinajstić information content (AvgIpc) is 2.52. The molecule has 1 atom stereocenters. The minimum absolute atomic E-state index is 0.0879. The van der Waals surface area contributed by atoms with Crippen LogP contribution in [0.25, 0.3) is 0 Å². The lowest BCUT2D eigenvalue weighted by molar-refractivity contribution is -0.146. The van der Waals surface area contributed by atoms with Gasteiger partial charge >= 0.3 is 5.97 Å². The highest BCUT2D eigenvalue weighted by Gasteiger charge is 2.20. The zero-order valence-electron chi connectivity index (χ0n) is 9.46. The average molecular weight is 215 g/mol. The van der Waals surface area contributed by atoms with Crippen LogP contribution in [-0.4, -0.2) is 38.9 Å². The Balaban J connectivity index is 2.14. The molecule has 0 amide bonds. The summed E-state index contributed by atoms with van der Waals surface area (Å²) in [4.78, 5) is 11.6. The van der Waals surface area contributed by atoms with E-state index >= 15 is 0 Å². The van der Waals surface area contributed by atoms with Gasteiger partial charge in [-0.05, 0) is 19.4 Å². The maximum Gasteiger partial charge on any atom is 0.323 e. The number of nitrogens with one attached hydrogen (secondary N) is 1. The van der Waals surface area contributed by atoms with Crippen LogP contribution in [0.15, 0.2) is 0 Å². The van der Waals surface area contributed by atoms with Gasteiger partial charge in [-0.3, -0.25) is 4.79 Å². The summed E-state index contributed by atoms with van der Waals surface area (Å²) in [5.41, 5.74) is 0. The van der Waals surface area contributed by atoms with Crippen molar-refractivity contribution in [1.82, 2.24) is 5.32 Å². The molecule has 4 nitrogen and oxygen atoms in total. The molecule has 0 aliphatic carbocycles. The lowest BCUT2D eigenvalue weighted by Gasteiger charge is -2.14. The van der Waals surface area contributed by atoms with Crippen LogP contribution in [0.3, 0.4) is 0 Å². The number of rotatable bonds is 5. The first-order chi connectivity index (χ1) is 7.34. The highest BCUT2D eigenvalue weighted by atomic mass is 16.5. The Hall–Kier alpha value is -0.610. The Kier molecular flexibility index (Phi) is 6.36. The van der Waals surface area contributed by atoms with Crippen LogP contribution in [0.1, 0.15) is 32.1 Å². The van der Waals surface area contributed by atoms with Crippen LogP contribution in [0.4, 0.5) is 0 Å². The topological polar surface area (TPSA) is 47.6 Å². The maximum atomic E-state index is 11.6. The van der Waals surface area contributed by atoms with Crippen LogP contribution < -0.4 is 5.32 Å². The minimum Gasteiger partial charge on any atom is -0.464 e. The Labute approximate surface area is 91.3 Å².